The van der Waals surface area contributed by atoms with Gasteiger partial charge in [0.2, 0.25) is 0 Å². The number of rotatable bonds is 4. The van der Waals surface area contributed by atoms with E-state index in [1.165, 1.54) is 0 Å². The number of nitrogens with zero attached hydrogens (tertiary/aromatic N) is 3. The molecule has 0 atom stereocenters. The van der Waals surface area contributed by atoms with Crippen molar-refractivity contribution in [3.8, 4) is 0 Å². The third-order valence-electron chi connectivity index (χ3n) is 4.12. The minimum Gasteiger partial charge on any atom is -0.354 e. The van der Waals surface area contributed by atoms with Crippen LogP contribution in [0.5, 0.6) is 0 Å². The van der Waals surface area contributed by atoms with E-state index in [4.69, 9.17) is 0 Å². The van der Waals surface area contributed by atoms with Crippen LogP contribution in [0.1, 0.15) is 5.56 Å². The van der Waals surface area contributed by atoms with Crippen LogP contribution >= 0.6 is 0 Å². The molecule has 3 rings (SSSR count). The number of amides is 2. The van der Waals surface area contributed by atoms with Crippen LogP contribution < -0.4 is 15.5 Å². The molecule has 1 aliphatic heterocycles. The van der Waals surface area contributed by atoms with Crippen LogP contribution in [0.25, 0.3) is 0 Å². The van der Waals surface area contributed by atoms with E-state index in [1.54, 1.807) is 0 Å². The Morgan fingerprint density at radius 3 is 2.50 bits per heavy atom. The number of nitrogens with one attached hydrogen (secondary N) is 2. The van der Waals surface area contributed by atoms with Gasteiger partial charge in [0.25, 0.3) is 0 Å². The lowest BCUT2D eigenvalue weighted by Gasteiger charge is -2.33. The summed E-state index contributed by atoms with van der Waals surface area (Å²) in [5, 5.41) is 5.64. The zero-order chi connectivity index (χ0) is 16.8. The van der Waals surface area contributed by atoms with E-state index in [0.29, 0.717) is 6.54 Å². The number of carbonyl (C=O) groups excluding carboxylic acids is 1. The first kappa shape index (κ1) is 16.3. The molecule has 0 aliphatic carbocycles. The second-order valence-electron chi connectivity index (χ2n) is 5.99. The van der Waals surface area contributed by atoms with Gasteiger partial charge in [-0.15, -0.1) is 0 Å². The molecule has 24 heavy (non-hydrogen) atoms. The van der Waals surface area contributed by atoms with Crippen molar-refractivity contribution in [3.63, 3.8) is 0 Å². The van der Waals surface area contributed by atoms with Crippen molar-refractivity contribution in [3.05, 3.63) is 54.2 Å². The highest BCUT2D eigenvalue weighted by Crippen LogP contribution is 2.13. The summed E-state index contributed by atoms with van der Waals surface area (Å²) in [6, 6.07) is 13.2. The van der Waals surface area contributed by atoms with Gasteiger partial charge in [-0.1, -0.05) is 24.3 Å². The van der Waals surface area contributed by atoms with Crippen LogP contribution in [0.3, 0.4) is 0 Å². The van der Waals surface area contributed by atoms with Crippen molar-refractivity contribution in [1.82, 2.24) is 15.2 Å². The molecule has 0 unspecified atom stereocenters. The molecule has 126 valence electrons. The lowest BCUT2D eigenvalue weighted by atomic mass is 10.2. The van der Waals surface area contributed by atoms with Crippen LogP contribution in [0.15, 0.2) is 48.7 Å². The number of piperazine rings is 1. The third kappa shape index (κ3) is 4.45. The summed E-state index contributed by atoms with van der Waals surface area (Å²) >= 11 is 0. The number of hydrogen-bond donors (Lipinski definition) is 2. The van der Waals surface area contributed by atoms with Gasteiger partial charge in [0.05, 0.1) is 0 Å². The van der Waals surface area contributed by atoms with E-state index in [1.807, 2.05) is 48.7 Å². The smallest absolute Gasteiger partial charge is 0.319 e. The van der Waals surface area contributed by atoms with Crippen LogP contribution in [-0.4, -0.2) is 49.1 Å². The molecule has 1 aromatic heterocycles. The number of para-hydroxylation sites is 1. The lowest BCUT2D eigenvalue weighted by molar-refractivity contribution is 0.251. The molecule has 2 aromatic rings. The SMILES string of the molecule is CN1CCN(c2ccc(CNC(=O)Nc3ccccc3)cn2)CC1. The summed E-state index contributed by atoms with van der Waals surface area (Å²) in [4.78, 5) is 21.0. The molecule has 1 fully saturated rings. The number of hydrogen-bond acceptors (Lipinski definition) is 4. The normalized spacial score (nSPS) is 15.1. The van der Waals surface area contributed by atoms with Crippen LogP contribution in [0.4, 0.5) is 16.3 Å². The summed E-state index contributed by atoms with van der Waals surface area (Å²) in [5.74, 6) is 1.00. The molecule has 6 heteroatoms. The summed E-state index contributed by atoms with van der Waals surface area (Å²) < 4.78 is 0. The summed E-state index contributed by atoms with van der Waals surface area (Å²) in [6.07, 6.45) is 1.83. The molecule has 1 aliphatic rings. The van der Waals surface area contributed by atoms with E-state index in [9.17, 15) is 4.79 Å². The molecule has 2 heterocycles. The standard InChI is InChI=1S/C18H23N5O/c1-22-9-11-23(12-10-22)17-8-7-15(13-19-17)14-20-18(24)21-16-5-3-2-4-6-16/h2-8,13H,9-12,14H2,1H3,(H2,20,21,24). The first-order valence-corrected chi connectivity index (χ1v) is 8.19. The van der Waals surface area contributed by atoms with E-state index >= 15 is 0 Å². The van der Waals surface area contributed by atoms with Crippen molar-refractivity contribution in [2.45, 2.75) is 6.54 Å². The Labute approximate surface area is 142 Å². The minimum absolute atomic E-state index is 0.218. The minimum atomic E-state index is -0.218. The van der Waals surface area contributed by atoms with Crippen LogP contribution in [0, 0.1) is 0 Å². The molecule has 1 saturated heterocycles. The van der Waals surface area contributed by atoms with E-state index < -0.39 is 0 Å². The molecule has 0 radical (unpaired) electrons. The maximum absolute atomic E-state index is 11.9. The summed E-state index contributed by atoms with van der Waals surface area (Å²) in [7, 11) is 2.14. The van der Waals surface area contributed by atoms with Crippen molar-refractivity contribution in [2.75, 3.05) is 43.4 Å². The van der Waals surface area contributed by atoms with Crippen LogP contribution in [0.2, 0.25) is 0 Å². The zero-order valence-electron chi connectivity index (χ0n) is 13.9. The summed E-state index contributed by atoms with van der Waals surface area (Å²) in [5.41, 5.74) is 1.76. The first-order chi connectivity index (χ1) is 11.7. The number of carbonyl (C=O) groups is 1. The van der Waals surface area contributed by atoms with Gasteiger partial charge in [-0.2, -0.15) is 0 Å². The fraction of sp³-hybridized carbons (Fsp3) is 0.333. The Morgan fingerprint density at radius 2 is 1.83 bits per heavy atom. The highest BCUT2D eigenvalue weighted by Gasteiger charge is 2.14. The highest BCUT2D eigenvalue weighted by molar-refractivity contribution is 5.89. The lowest BCUT2D eigenvalue weighted by Crippen LogP contribution is -2.44. The van der Waals surface area contributed by atoms with E-state index in [-0.39, 0.29) is 6.03 Å². The first-order valence-electron chi connectivity index (χ1n) is 8.19. The predicted molar refractivity (Wildman–Crippen MR) is 96.2 cm³/mol. The molecular weight excluding hydrogens is 302 g/mol. The van der Waals surface area contributed by atoms with Gasteiger partial charge in [0.1, 0.15) is 5.82 Å². The van der Waals surface area contributed by atoms with Gasteiger partial charge in [0.15, 0.2) is 0 Å². The Morgan fingerprint density at radius 1 is 1.08 bits per heavy atom. The molecule has 0 bridgehead atoms. The molecule has 0 spiro atoms. The zero-order valence-corrected chi connectivity index (χ0v) is 13.9. The Bertz CT molecular complexity index is 651. The van der Waals surface area contributed by atoms with Gasteiger partial charge < -0.3 is 20.4 Å². The van der Waals surface area contributed by atoms with E-state index in [2.05, 4.69) is 32.5 Å². The number of urea groups is 1. The van der Waals surface area contributed by atoms with Gasteiger partial charge in [-0.3, -0.25) is 0 Å². The van der Waals surface area contributed by atoms with Gasteiger partial charge in [0, 0.05) is 44.6 Å². The Hall–Kier alpha value is -2.60. The second-order valence-corrected chi connectivity index (χ2v) is 5.99. The average Bonchev–Trinajstić information content (AvgIpc) is 2.62. The number of pyridine rings is 1. The fourth-order valence-electron chi connectivity index (χ4n) is 2.62. The number of anilines is 2. The van der Waals surface area contributed by atoms with Gasteiger partial charge in [-0.05, 0) is 30.8 Å². The Balaban J connectivity index is 1.48. The van der Waals surface area contributed by atoms with E-state index in [0.717, 1.165) is 43.2 Å². The van der Waals surface area contributed by atoms with Crippen molar-refractivity contribution in [1.29, 1.82) is 0 Å². The third-order valence-corrected chi connectivity index (χ3v) is 4.12. The monoisotopic (exact) mass is 325 g/mol. The summed E-state index contributed by atoms with van der Waals surface area (Å²) in [6.45, 7) is 4.57. The van der Waals surface area contributed by atoms with Crippen LogP contribution in [-0.2, 0) is 6.54 Å². The topological polar surface area (TPSA) is 60.5 Å². The number of aromatic nitrogens is 1. The molecule has 0 saturated carbocycles. The molecule has 2 amide bonds. The van der Waals surface area contributed by atoms with Crippen molar-refractivity contribution < 1.29 is 4.79 Å². The largest absolute Gasteiger partial charge is 0.354 e. The highest BCUT2D eigenvalue weighted by atomic mass is 16.2. The van der Waals surface area contributed by atoms with Gasteiger partial charge >= 0.3 is 6.03 Å². The molecule has 6 nitrogen and oxygen atoms in total. The maximum atomic E-state index is 11.9. The maximum Gasteiger partial charge on any atom is 0.319 e. The number of benzene rings is 1. The molecule has 1 aromatic carbocycles. The Kier molecular flexibility index (Phi) is 5.28. The number of likely N-dealkylation sites (N-methyl/N-ethyl adjacent to an activating group) is 1. The van der Waals surface area contributed by atoms with Crippen molar-refractivity contribution in [2.24, 2.45) is 0 Å². The second kappa shape index (κ2) is 7.79. The fourth-order valence-corrected chi connectivity index (χ4v) is 2.62. The average molecular weight is 325 g/mol. The predicted octanol–water partition coefficient (Wildman–Crippen LogP) is 2.16. The molecular formula is C18H23N5O. The quantitative estimate of drug-likeness (QED) is 0.904. The molecule has 2 N–H and O–H groups in total. The van der Waals surface area contributed by atoms with Gasteiger partial charge in [-0.25, -0.2) is 9.78 Å². The van der Waals surface area contributed by atoms with Crippen molar-refractivity contribution >= 4 is 17.5 Å².